The summed E-state index contributed by atoms with van der Waals surface area (Å²) in [6, 6.07) is 7.54. The van der Waals surface area contributed by atoms with Gasteiger partial charge in [-0.3, -0.25) is 4.79 Å². The number of hydrogen-bond donors (Lipinski definition) is 1. The second-order valence-corrected chi connectivity index (χ2v) is 6.92. The Morgan fingerprint density at radius 2 is 1.92 bits per heavy atom. The number of fused-ring (bicyclic) bond motifs is 2. The highest BCUT2D eigenvalue weighted by Gasteiger charge is 2.15. The number of hydrogen-bond acceptors (Lipinski definition) is 7. The number of ether oxygens (including phenoxy) is 2. The molecule has 134 valence electrons. The molecule has 8 heteroatoms. The lowest BCUT2D eigenvalue weighted by Gasteiger charge is -2.19. The third-order valence-electron chi connectivity index (χ3n) is 3.86. The van der Waals surface area contributed by atoms with Crippen LogP contribution in [-0.2, 0) is 4.79 Å². The Morgan fingerprint density at radius 3 is 2.65 bits per heavy atom. The van der Waals surface area contributed by atoms with Crippen molar-refractivity contribution in [1.29, 1.82) is 0 Å². The van der Waals surface area contributed by atoms with Crippen molar-refractivity contribution in [2.75, 3.05) is 24.3 Å². The summed E-state index contributed by atoms with van der Waals surface area (Å²) in [5.74, 6) is 2.58. The molecule has 1 amide bonds. The average molecular weight is 371 g/mol. The Hall–Kier alpha value is -2.74. The van der Waals surface area contributed by atoms with E-state index in [4.69, 9.17) is 14.0 Å². The first-order valence-corrected chi connectivity index (χ1v) is 9.14. The molecule has 1 N–H and O–H groups in total. The lowest BCUT2D eigenvalue weighted by Crippen LogP contribution is -2.15. The van der Waals surface area contributed by atoms with E-state index in [2.05, 4.69) is 15.5 Å². The molecule has 0 bridgehead atoms. The van der Waals surface area contributed by atoms with Crippen LogP contribution in [0.25, 0.3) is 10.9 Å². The summed E-state index contributed by atoms with van der Waals surface area (Å²) in [5, 5.41) is 8.25. The first-order valence-electron chi connectivity index (χ1n) is 8.15. The highest BCUT2D eigenvalue weighted by atomic mass is 32.2. The predicted octanol–water partition coefficient (Wildman–Crippen LogP) is 3.34. The Morgan fingerprint density at radius 1 is 1.15 bits per heavy atom. The van der Waals surface area contributed by atoms with Crippen LogP contribution < -0.4 is 14.8 Å². The van der Waals surface area contributed by atoms with E-state index in [0.29, 0.717) is 30.5 Å². The second kappa shape index (κ2) is 6.87. The molecule has 1 aliphatic heterocycles. The summed E-state index contributed by atoms with van der Waals surface area (Å²) in [5.41, 5.74) is 1.82. The van der Waals surface area contributed by atoms with Gasteiger partial charge in [0.15, 0.2) is 17.3 Å². The molecule has 0 atom stereocenters. The van der Waals surface area contributed by atoms with Crippen molar-refractivity contribution < 1.29 is 18.8 Å². The molecular weight excluding hydrogens is 354 g/mol. The van der Waals surface area contributed by atoms with E-state index in [1.165, 1.54) is 11.8 Å². The fourth-order valence-electron chi connectivity index (χ4n) is 2.68. The van der Waals surface area contributed by atoms with Crippen LogP contribution in [0.1, 0.15) is 11.3 Å². The minimum absolute atomic E-state index is 0.160. The van der Waals surface area contributed by atoms with Gasteiger partial charge in [-0.1, -0.05) is 16.9 Å². The fraction of sp³-hybridized carbons (Fsp3) is 0.278. The number of nitrogens with zero attached hydrogens (tertiary/aromatic N) is 2. The smallest absolute Gasteiger partial charge is 0.236 e. The Labute approximate surface area is 154 Å². The first-order chi connectivity index (χ1) is 12.6. The molecule has 0 saturated carbocycles. The molecule has 0 aliphatic carbocycles. The maximum atomic E-state index is 12.1. The number of aromatic nitrogens is 2. The highest BCUT2D eigenvalue weighted by Crippen LogP contribution is 2.35. The standard InChI is InChI=1S/C18H17N3O4S/c1-10-5-12-7-14-15(24-4-3-23-14)8-13(12)19-18(10)26-9-17(22)20-16-6-11(2)25-21-16/h5-8H,3-4,9H2,1-2H3,(H,20,21,22). The van der Waals surface area contributed by atoms with Gasteiger partial charge in [0, 0.05) is 17.5 Å². The van der Waals surface area contributed by atoms with Crippen LogP contribution in [0.5, 0.6) is 11.5 Å². The van der Waals surface area contributed by atoms with E-state index in [1.54, 1.807) is 13.0 Å². The molecule has 3 aromatic rings. The number of nitrogens with one attached hydrogen (secondary N) is 1. The third kappa shape index (κ3) is 3.45. The molecule has 1 aliphatic rings. The van der Waals surface area contributed by atoms with E-state index < -0.39 is 0 Å². The maximum absolute atomic E-state index is 12.1. The lowest BCUT2D eigenvalue weighted by molar-refractivity contribution is -0.113. The lowest BCUT2D eigenvalue weighted by atomic mass is 10.1. The fourth-order valence-corrected chi connectivity index (χ4v) is 3.47. The quantitative estimate of drug-likeness (QED) is 0.704. The molecular formula is C18H17N3O4S. The highest BCUT2D eigenvalue weighted by molar-refractivity contribution is 8.00. The van der Waals surface area contributed by atoms with Gasteiger partial charge in [-0.05, 0) is 31.5 Å². The summed E-state index contributed by atoms with van der Waals surface area (Å²) in [4.78, 5) is 16.8. The van der Waals surface area contributed by atoms with Crippen LogP contribution in [-0.4, -0.2) is 35.0 Å². The van der Waals surface area contributed by atoms with E-state index in [-0.39, 0.29) is 11.7 Å². The summed E-state index contributed by atoms with van der Waals surface area (Å²) in [7, 11) is 0. The van der Waals surface area contributed by atoms with Crippen molar-refractivity contribution in [3.05, 3.63) is 35.6 Å². The van der Waals surface area contributed by atoms with Gasteiger partial charge in [-0.2, -0.15) is 0 Å². The molecule has 0 fully saturated rings. The molecule has 3 heterocycles. The molecule has 7 nitrogen and oxygen atoms in total. The monoisotopic (exact) mass is 371 g/mol. The third-order valence-corrected chi connectivity index (χ3v) is 4.95. The van der Waals surface area contributed by atoms with Crippen molar-refractivity contribution >= 4 is 34.4 Å². The number of amides is 1. The van der Waals surface area contributed by atoms with Crippen LogP contribution >= 0.6 is 11.8 Å². The molecule has 4 rings (SSSR count). The number of carbonyl (C=O) groups is 1. The van der Waals surface area contributed by atoms with Gasteiger partial charge in [0.1, 0.15) is 24.0 Å². The predicted molar refractivity (Wildman–Crippen MR) is 98.1 cm³/mol. The van der Waals surface area contributed by atoms with E-state index in [9.17, 15) is 4.79 Å². The first kappa shape index (κ1) is 16.7. The zero-order chi connectivity index (χ0) is 18.1. The average Bonchev–Trinajstić information content (AvgIpc) is 3.03. The van der Waals surface area contributed by atoms with Gasteiger partial charge in [-0.15, -0.1) is 0 Å². The summed E-state index contributed by atoms with van der Waals surface area (Å²) in [6.07, 6.45) is 0. The summed E-state index contributed by atoms with van der Waals surface area (Å²) < 4.78 is 16.2. The topological polar surface area (TPSA) is 86.5 Å². The van der Waals surface area contributed by atoms with Crippen LogP contribution in [0.2, 0.25) is 0 Å². The second-order valence-electron chi connectivity index (χ2n) is 5.96. The normalized spacial score (nSPS) is 13.0. The number of aryl methyl sites for hydroxylation is 2. The molecule has 0 saturated heterocycles. The largest absolute Gasteiger partial charge is 0.486 e. The van der Waals surface area contributed by atoms with Gasteiger partial charge in [0.05, 0.1) is 11.3 Å². The molecule has 0 unspecified atom stereocenters. The van der Waals surface area contributed by atoms with Gasteiger partial charge in [0.25, 0.3) is 0 Å². The van der Waals surface area contributed by atoms with E-state index >= 15 is 0 Å². The minimum Gasteiger partial charge on any atom is -0.486 e. The Balaban J connectivity index is 1.50. The van der Waals surface area contributed by atoms with Gasteiger partial charge in [-0.25, -0.2) is 4.98 Å². The van der Waals surface area contributed by atoms with Crippen LogP contribution in [0.4, 0.5) is 5.82 Å². The number of pyridine rings is 1. The number of thioether (sulfide) groups is 1. The van der Waals surface area contributed by atoms with Crippen molar-refractivity contribution in [1.82, 2.24) is 10.1 Å². The summed E-state index contributed by atoms with van der Waals surface area (Å²) in [6.45, 7) is 4.84. The molecule has 0 spiro atoms. The zero-order valence-electron chi connectivity index (χ0n) is 14.4. The maximum Gasteiger partial charge on any atom is 0.236 e. The van der Waals surface area contributed by atoms with Crippen molar-refractivity contribution in [3.63, 3.8) is 0 Å². The number of rotatable bonds is 4. The molecule has 26 heavy (non-hydrogen) atoms. The molecule has 1 aromatic carbocycles. The minimum atomic E-state index is -0.160. The van der Waals surface area contributed by atoms with E-state index in [0.717, 1.165) is 27.2 Å². The SMILES string of the molecule is Cc1cc(NC(=O)CSc2nc3cc4c(cc3cc2C)OCCO4)no1. The van der Waals surface area contributed by atoms with Gasteiger partial charge < -0.3 is 19.3 Å². The number of benzene rings is 1. The zero-order valence-corrected chi connectivity index (χ0v) is 15.2. The van der Waals surface area contributed by atoms with Crippen molar-refractivity contribution in [3.8, 4) is 11.5 Å². The van der Waals surface area contributed by atoms with Crippen molar-refractivity contribution in [2.24, 2.45) is 0 Å². The van der Waals surface area contributed by atoms with Crippen molar-refractivity contribution in [2.45, 2.75) is 18.9 Å². The van der Waals surface area contributed by atoms with Crippen LogP contribution in [0, 0.1) is 13.8 Å². The van der Waals surface area contributed by atoms with E-state index in [1.807, 2.05) is 25.1 Å². The Kier molecular flexibility index (Phi) is 4.42. The number of anilines is 1. The molecule has 2 aromatic heterocycles. The Bertz CT molecular complexity index is 986. The summed E-state index contributed by atoms with van der Waals surface area (Å²) >= 11 is 1.38. The van der Waals surface area contributed by atoms with Gasteiger partial charge >= 0.3 is 0 Å². The van der Waals surface area contributed by atoms with Gasteiger partial charge in [0.2, 0.25) is 5.91 Å². The number of carbonyl (C=O) groups excluding carboxylic acids is 1. The molecule has 0 radical (unpaired) electrons. The van der Waals surface area contributed by atoms with Crippen LogP contribution in [0.3, 0.4) is 0 Å². The van der Waals surface area contributed by atoms with Crippen LogP contribution in [0.15, 0.2) is 33.8 Å².